The first-order chi connectivity index (χ1) is 13.3. The van der Waals surface area contributed by atoms with E-state index in [-0.39, 0.29) is 11.7 Å². The van der Waals surface area contributed by atoms with Gasteiger partial charge in [0.25, 0.3) is 5.91 Å². The fourth-order valence-electron chi connectivity index (χ4n) is 4.44. The van der Waals surface area contributed by atoms with Crippen molar-refractivity contribution in [1.82, 2.24) is 10.2 Å². The zero-order valence-electron chi connectivity index (χ0n) is 17.1. The third kappa shape index (κ3) is 5.47. The van der Waals surface area contributed by atoms with Crippen LogP contribution in [-0.4, -0.2) is 57.7 Å². The number of benzene rings is 1. The summed E-state index contributed by atoms with van der Waals surface area (Å²) in [6.07, 6.45) is 3.84. The fourth-order valence-corrected chi connectivity index (χ4v) is 6.08. The van der Waals surface area contributed by atoms with Crippen molar-refractivity contribution in [1.29, 1.82) is 0 Å². The van der Waals surface area contributed by atoms with Crippen molar-refractivity contribution in [3.05, 3.63) is 29.8 Å². The molecule has 7 heteroatoms. The second kappa shape index (κ2) is 9.27. The minimum absolute atomic E-state index is 0.103. The number of rotatable bonds is 6. The van der Waals surface area contributed by atoms with Gasteiger partial charge in [0.2, 0.25) is 10.0 Å². The van der Waals surface area contributed by atoms with Crippen LogP contribution in [0.5, 0.6) is 0 Å². The average Bonchev–Trinajstić information content (AvgIpc) is 2.64. The highest BCUT2D eigenvalue weighted by molar-refractivity contribution is 7.92. The van der Waals surface area contributed by atoms with Gasteiger partial charge in [-0.2, -0.15) is 0 Å². The molecule has 6 nitrogen and oxygen atoms in total. The standard InChI is InChI=1S/C21H33N3O3S/c1-17-14-18(2)16-23(15-17)11-5-10-22-21(25)19-6-8-20(9-7-19)24-12-3-4-13-28(24,26)27/h6-9,17-18H,3-5,10-16H2,1-2H3,(H,22,25)/t17-,18-/m0/s1. The number of carbonyl (C=O) groups is 1. The lowest BCUT2D eigenvalue weighted by atomic mass is 9.92. The van der Waals surface area contributed by atoms with Crippen LogP contribution in [0.15, 0.2) is 24.3 Å². The minimum atomic E-state index is -3.22. The molecule has 156 valence electrons. The maximum atomic E-state index is 12.4. The highest BCUT2D eigenvalue weighted by atomic mass is 32.2. The molecule has 1 N–H and O–H groups in total. The van der Waals surface area contributed by atoms with Crippen molar-refractivity contribution in [2.45, 2.75) is 39.5 Å². The molecule has 0 unspecified atom stereocenters. The molecule has 2 aliphatic heterocycles. The van der Waals surface area contributed by atoms with E-state index in [1.807, 2.05) is 0 Å². The fraction of sp³-hybridized carbons (Fsp3) is 0.667. The number of sulfonamides is 1. The Bertz CT molecular complexity index is 754. The Kier molecular flexibility index (Phi) is 6.99. The van der Waals surface area contributed by atoms with E-state index < -0.39 is 10.0 Å². The summed E-state index contributed by atoms with van der Waals surface area (Å²) in [6.45, 7) is 9.10. The summed E-state index contributed by atoms with van der Waals surface area (Å²) in [7, 11) is -3.22. The second-order valence-electron chi connectivity index (χ2n) is 8.46. The molecule has 2 fully saturated rings. The molecular formula is C21H33N3O3S. The maximum Gasteiger partial charge on any atom is 0.251 e. The molecule has 2 heterocycles. The maximum absolute atomic E-state index is 12.4. The van der Waals surface area contributed by atoms with Gasteiger partial charge in [-0.05, 0) is 68.3 Å². The Balaban J connectivity index is 1.46. The first-order valence-corrected chi connectivity index (χ1v) is 12.1. The predicted octanol–water partition coefficient (Wildman–Crippen LogP) is 2.71. The summed E-state index contributed by atoms with van der Waals surface area (Å²) in [6, 6.07) is 6.88. The number of anilines is 1. The summed E-state index contributed by atoms with van der Waals surface area (Å²) in [5.41, 5.74) is 1.21. The van der Waals surface area contributed by atoms with Gasteiger partial charge in [0.05, 0.1) is 11.4 Å². The van der Waals surface area contributed by atoms with E-state index in [4.69, 9.17) is 0 Å². The molecule has 0 saturated carbocycles. The number of hydrogen-bond donors (Lipinski definition) is 1. The minimum Gasteiger partial charge on any atom is -0.352 e. The summed E-state index contributed by atoms with van der Waals surface area (Å²) in [4.78, 5) is 14.9. The lowest BCUT2D eigenvalue weighted by Crippen LogP contribution is -2.40. The van der Waals surface area contributed by atoms with Crippen LogP contribution in [0.2, 0.25) is 0 Å². The highest BCUT2D eigenvalue weighted by Crippen LogP contribution is 2.24. The van der Waals surface area contributed by atoms with Crippen LogP contribution in [0, 0.1) is 11.8 Å². The Morgan fingerprint density at radius 1 is 1.11 bits per heavy atom. The number of nitrogens with one attached hydrogen (secondary N) is 1. The van der Waals surface area contributed by atoms with Crippen LogP contribution >= 0.6 is 0 Å². The average molecular weight is 408 g/mol. The molecule has 3 rings (SSSR count). The topological polar surface area (TPSA) is 69.7 Å². The molecule has 28 heavy (non-hydrogen) atoms. The lowest BCUT2D eigenvalue weighted by Gasteiger charge is -2.34. The molecular weight excluding hydrogens is 374 g/mol. The number of likely N-dealkylation sites (tertiary alicyclic amines) is 1. The molecule has 2 atom stereocenters. The summed E-state index contributed by atoms with van der Waals surface area (Å²) < 4.78 is 25.8. The molecule has 1 aromatic rings. The summed E-state index contributed by atoms with van der Waals surface area (Å²) in [5.74, 6) is 1.60. The Morgan fingerprint density at radius 3 is 2.43 bits per heavy atom. The van der Waals surface area contributed by atoms with E-state index in [1.54, 1.807) is 24.3 Å². The summed E-state index contributed by atoms with van der Waals surface area (Å²) in [5, 5.41) is 2.98. The third-order valence-electron chi connectivity index (χ3n) is 5.65. The van der Waals surface area contributed by atoms with Crippen LogP contribution in [0.4, 0.5) is 5.69 Å². The van der Waals surface area contributed by atoms with Gasteiger partial charge in [-0.3, -0.25) is 9.10 Å². The highest BCUT2D eigenvalue weighted by Gasteiger charge is 2.26. The van der Waals surface area contributed by atoms with Gasteiger partial charge in [0.15, 0.2) is 0 Å². The lowest BCUT2D eigenvalue weighted by molar-refractivity contribution is 0.0947. The molecule has 0 aromatic heterocycles. The smallest absolute Gasteiger partial charge is 0.251 e. The summed E-state index contributed by atoms with van der Waals surface area (Å²) >= 11 is 0. The van der Waals surface area contributed by atoms with Crippen LogP contribution in [-0.2, 0) is 10.0 Å². The molecule has 0 spiro atoms. The van der Waals surface area contributed by atoms with Crippen LogP contribution in [0.1, 0.15) is 49.9 Å². The third-order valence-corrected chi connectivity index (χ3v) is 7.52. The normalized spacial score (nSPS) is 25.4. The van der Waals surface area contributed by atoms with Crippen molar-refractivity contribution in [3.8, 4) is 0 Å². The van der Waals surface area contributed by atoms with Gasteiger partial charge in [-0.1, -0.05) is 13.8 Å². The molecule has 0 radical (unpaired) electrons. The zero-order chi connectivity index (χ0) is 20.1. The van der Waals surface area contributed by atoms with Gasteiger partial charge < -0.3 is 10.2 Å². The van der Waals surface area contributed by atoms with E-state index in [1.165, 1.54) is 10.7 Å². The van der Waals surface area contributed by atoms with E-state index in [0.29, 0.717) is 30.8 Å². The van der Waals surface area contributed by atoms with Gasteiger partial charge in [0.1, 0.15) is 0 Å². The van der Waals surface area contributed by atoms with Crippen molar-refractivity contribution in [3.63, 3.8) is 0 Å². The van der Waals surface area contributed by atoms with Gasteiger partial charge in [-0.15, -0.1) is 0 Å². The molecule has 1 amide bonds. The van der Waals surface area contributed by atoms with E-state index in [9.17, 15) is 13.2 Å². The first-order valence-electron chi connectivity index (χ1n) is 10.5. The van der Waals surface area contributed by atoms with Crippen molar-refractivity contribution in [2.75, 3.05) is 42.8 Å². The van der Waals surface area contributed by atoms with E-state index in [0.717, 1.165) is 44.3 Å². The molecule has 2 saturated heterocycles. The molecule has 0 bridgehead atoms. The van der Waals surface area contributed by atoms with Crippen molar-refractivity contribution < 1.29 is 13.2 Å². The zero-order valence-corrected chi connectivity index (χ0v) is 17.9. The molecule has 2 aliphatic rings. The number of carbonyl (C=O) groups excluding carboxylic acids is 1. The number of piperidine rings is 1. The van der Waals surface area contributed by atoms with E-state index >= 15 is 0 Å². The molecule has 1 aromatic carbocycles. The van der Waals surface area contributed by atoms with E-state index in [2.05, 4.69) is 24.1 Å². The van der Waals surface area contributed by atoms with Gasteiger partial charge in [0, 0.05) is 31.7 Å². The quantitative estimate of drug-likeness (QED) is 0.736. The predicted molar refractivity (Wildman–Crippen MR) is 113 cm³/mol. The SMILES string of the molecule is C[C@H]1C[C@H](C)CN(CCCNC(=O)c2ccc(N3CCCCS3(=O)=O)cc2)C1. The second-order valence-corrected chi connectivity index (χ2v) is 10.5. The Labute approximate surface area is 169 Å². The number of nitrogens with zero attached hydrogens (tertiary/aromatic N) is 2. The number of hydrogen-bond acceptors (Lipinski definition) is 4. The molecule has 0 aliphatic carbocycles. The van der Waals surface area contributed by atoms with Gasteiger partial charge in [-0.25, -0.2) is 8.42 Å². The van der Waals surface area contributed by atoms with Crippen LogP contribution in [0.25, 0.3) is 0 Å². The van der Waals surface area contributed by atoms with Crippen LogP contribution < -0.4 is 9.62 Å². The first kappa shape index (κ1) is 21.1. The van der Waals surface area contributed by atoms with Crippen LogP contribution in [0.3, 0.4) is 0 Å². The van der Waals surface area contributed by atoms with Gasteiger partial charge >= 0.3 is 0 Å². The monoisotopic (exact) mass is 407 g/mol. The van der Waals surface area contributed by atoms with Crippen molar-refractivity contribution in [2.24, 2.45) is 11.8 Å². The number of amides is 1. The largest absolute Gasteiger partial charge is 0.352 e. The van der Waals surface area contributed by atoms with Crippen molar-refractivity contribution >= 4 is 21.6 Å². The Hall–Kier alpha value is -1.60. The Morgan fingerprint density at radius 2 is 1.79 bits per heavy atom.